The summed E-state index contributed by atoms with van der Waals surface area (Å²) >= 11 is 0. The smallest absolute Gasteiger partial charge is 0.322 e. The van der Waals surface area contributed by atoms with Crippen molar-refractivity contribution in [2.45, 2.75) is 13.2 Å². The molecule has 1 heterocycles. The molecule has 0 unspecified atom stereocenters. The summed E-state index contributed by atoms with van der Waals surface area (Å²) in [5.74, 6) is -1.34. The number of fused-ring (bicyclic) bond motifs is 1. The summed E-state index contributed by atoms with van der Waals surface area (Å²) in [5, 5.41) is 0. The van der Waals surface area contributed by atoms with Crippen LogP contribution in [0.3, 0.4) is 0 Å². The molecule has 0 amide bonds. The minimum Gasteiger partial charge on any atom is -0.460 e. The van der Waals surface area contributed by atoms with Gasteiger partial charge in [0, 0.05) is 0 Å². The topological polar surface area (TPSA) is 52.6 Å². The largest absolute Gasteiger partial charge is 0.460 e. The lowest BCUT2D eigenvalue weighted by atomic mass is 10.1. The van der Waals surface area contributed by atoms with E-state index in [1.807, 2.05) is 24.3 Å². The summed E-state index contributed by atoms with van der Waals surface area (Å²) in [6.45, 7) is 0.338. The number of ether oxygens (including phenoxy) is 2. The zero-order chi connectivity index (χ0) is 10.7. The Kier molecular flexibility index (Phi) is 2.67. The van der Waals surface area contributed by atoms with Gasteiger partial charge in [-0.2, -0.15) is 0 Å². The molecule has 1 aliphatic heterocycles. The monoisotopic (exact) mass is 205 g/mol. The average molecular weight is 205 g/mol. The van der Waals surface area contributed by atoms with Crippen LogP contribution < -0.4 is 0 Å². The molecule has 1 aliphatic rings. The maximum Gasteiger partial charge on any atom is 0.322 e. The van der Waals surface area contributed by atoms with E-state index in [2.05, 4.69) is 0 Å². The van der Waals surface area contributed by atoms with Crippen molar-refractivity contribution >= 4 is 11.9 Å². The lowest BCUT2D eigenvalue weighted by Gasteiger charge is -2.06. The Hall–Kier alpha value is -1.84. The standard InChI is InChI=1S/C11H9O4/c12-10-5-11(13)15-7-9-4-2-1-3-8(9)6-14-10/h1-5H,6-7H2. The number of hydrogen-bond acceptors (Lipinski definition) is 4. The number of benzene rings is 1. The fourth-order valence-electron chi connectivity index (χ4n) is 1.32. The van der Waals surface area contributed by atoms with Crippen molar-refractivity contribution in [3.8, 4) is 0 Å². The van der Waals surface area contributed by atoms with Gasteiger partial charge in [0.1, 0.15) is 13.2 Å². The van der Waals surface area contributed by atoms with E-state index in [9.17, 15) is 9.59 Å². The molecule has 0 saturated heterocycles. The van der Waals surface area contributed by atoms with Gasteiger partial charge in [-0.3, -0.25) is 9.59 Å². The predicted octanol–water partition coefficient (Wildman–Crippen LogP) is 0.991. The normalized spacial score (nSPS) is 16.5. The van der Waals surface area contributed by atoms with E-state index in [1.54, 1.807) is 0 Å². The summed E-state index contributed by atoms with van der Waals surface area (Å²) in [6, 6.07) is 7.36. The lowest BCUT2D eigenvalue weighted by Crippen LogP contribution is -2.12. The van der Waals surface area contributed by atoms with Crippen LogP contribution in [0.5, 0.6) is 0 Å². The third-order valence-corrected chi connectivity index (χ3v) is 2.09. The molecular weight excluding hydrogens is 196 g/mol. The van der Waals surface area contributed by atoms with Crippen LogP contribution in [0.15, 0.2) is 24.3 Å². The van der Waals surface area contributed by atoms with Crippen molar-refractivity contribution in [1.29, 1.82) is 0 Å². The van der Waals surface area contributed by atoms with Gasteiger partial charge < -0.3 is 9.47 Å². The zero-order valence-electron chi connectivity index (χ0n) is 7.93. The Morgan fingerprint density at radius 1 is 0.867 bits per heavy atom. The molecule has 0 aliphatic carbocycles. The highest BCUT2D eigenvalue weighted by atomic mass is 16.6. The van der Waals surface area contributed by atoms with Gasteiger partial charge in [0.25, 0.3) is 0 Å². The van der Waals surface area contributed by atoms with Gasteiger partial charge in [-0.15, -0.1) is 0 Å². The molecule has 0 spiro atoms. The first-order valence-corrected chi connectivity index (χ1v) is 4.51. The zero-order valence-corrected chi connectivity index (χ0v) is 7.93. The quantitative estimate of drug-likeness (QED) is 0.593. The van der Waals surface area contributed by atoms with E-state index in [4.69, 9.17) is 9.47 Å². The summed E-state index contributed by atoms with van der Waals surface area (Å²) in [7, 11) is 0. The van der Waals surface area contributed by atoms with Gasteiger partial charge in [-0.1, -0.05) is 24.3 Å². The van der Waals surface area contributed by atoms with Crippen LogP contribution in [-0.4, -0.2) is 11.9 Å². The molecule has 1 aromatic rings. The fourth-order valence-corrected chi connectivity index (χ4v) is 1.32. The Morgan fingerprint density at radius 3 is 1.80 bits per heavy atom. The number of carbonyl (C=O) groups is 2. The molecule has 0 saturated carbocycles. The molecule has 77 valence electrons. The van der Waals surface area contributed by atoms with Crippen molar-refractivity contribution in [1.82, 2.24) is 0 Å². The molecular formula is C11H9O4. The summed E-state index contributed by atoms with van der Waals surface area (Å²) in [5.41, 5.74) is 1.71. The van der Waals surface area contributed by atoms with E-state index < -0.39 is 11.9 Å². The van der Waals surface area contributed by atoms with Gasteiger partial charge in [-0.25, -0.2) is 0 Å². The van der Waals surface area contributed by atoms with Crippen molar-refractivity contribution in [3.63, 3.8) is 0 Å². The molecule has 2 rings (SSSR count). The second kappa shape index (κ2) is 4.13. The van der Waals surface area contributed by atoms with Crippen molar-refractivity contribution in [2.24, 2.45) is 0 Å². The molecule has 0 N–H and O–H groups in total. The second-order valence-corrected chi connectivity index (χ2v) is 3.13. The number of cyclic esters (lactones) is 2. The molecule has 4 heteroatoms. The minimum absolute atomic E-state index is 0.169. The number of esters is 2. The molecule has 15 heavy (non-hydrogen) atoms. The van der Waals surface area contributed by atoms with Crippen molar-refractivity contribution < 1.29 is 19.1 Å². The third-order valence-electron chi connectivity index (χ3n) is 2.09. The van der Waals surface area contributed by atoms with E-state index in [-0.39, 0.29) is 13.2 Å². The Balaban J connectivity index is 2.25. The maximum atomic E-state index is 11.0. The van der Waals surface area contributed by atoms with Crippen LogP contribution in [0.25, 0.3) is 0 Å². The highest BCUT2D eigenvalue weighted by Gasteiger charge is 2.17. The number of rotatable bonds is 0. The number of carbonyl (C=O) groups excluding carboxylic acids is 2. The molecule has 0 aromatic heterocycles. The fraction of sp³-hybridized carbons (Fsp3) is 0.182. The first-order valence-electron chi connectivity index (χ1n) is 4.51. The lowest BCUT2D eigenvalue weighted by molar-refractivity contribution is -0.148. The highest BCUT2D eigenvalue weighted by Crippen LogP contribution is 2.13. The van der Waals surface area contributed by atoms with Crippen LogP contribution in [0, 0.1) is 6.42 Å². The second-order valence-electron chi connectivity index (χ2n) is 3.13. The Labute approximate surface area is 86.8 Å². The van der Waals surface area contributed by atoms with Gasteiger partial charge in [0.2, 0.25) is 0 Å². The molecule has 1 radical (unpaired) electrons. The molecule has 0 fully saturated rings. The third kappa shape index (κ3) is 2.34. The van der Waals surface area contributed by atoms with E-state index in [0.717, 1.165) is 17.5 Å². The molecule has 1 aromatic carbocycles. The van der Waals surface area contributed by atoms with Crippen LogP contribution in [-0.2, 0) is 32.3 Å². The summed E-state index contributed by atoms with van der Waals surface area (Å²) < 4.78 is 9.73. The van der Waals surface area contributed by atoms with Crippen LogP contribution in [0.2, 0.25) is 0 Å². The van der Waals surface area contributed by atoms with Crippen molar-refractivity contribution in [3.05, 3.63) is 41.8 Å². The van der Waals surface area contributed by atoms with Gasteiger partial charge in [-0.05, 0) is 11.1 Å². The summed E-state index contributed by atoms with van der Waals surface area (Å²) in [6.07, 6.45) is 0.811. The van der Waals surface area contributed by atoms with Crippen LogP contribution in [0.1, 0.15) is 11.1 Å². The van der Waals surface area contributed by atoms with Gasteiger partial charge in [0.15, 0.2) is 6.42 Å². The van der Waals surface area contributed by atoms with Crippen LogP contribution in [0.4, 0.5) is 0 Å². The average Bonchev–Trinajstić information content (AvgIpc) is 2.30. The van der Waals surface area contributed by atoms with Gasteiger partial charge in [0.05, 0.1) is 0 Å². The van der Waals surface area contributed by atoms with E-state index in [0.29, 0.717) is 0 Å². The minimum atomic E-state index is -0.670. The first-order chi connectivity index (χ1) is 7.25. The molecule has 4 nitrogen and oxygen atoms in total. The Bertz CT molecular complexity index is 360. The predicted molar refractivity (Wildman–Crippen MR) is 50.3 cm³/mol. The van der Waals surface area contributed by atoms with E-state index >= 15 is 0 Å². The highest BCUT2D eigenvalue weighted by molar-refractivity contribution is 6.03. The first kappa shape index (κ1) is 9.71. The summed E-state index contributed by atoms with van der Waals surface area (Å²) in [4.78, 5) is 22.1. The maximum absolute atomic E-state index is 11.0. The molecule has 0 atom stereocenters. The Morgan fingerprint density at radius 2 is 1.33 bits per heavy atom. The van der Waals surface area contributed by atoms with Gasteiger partial charge >= 0.3 is 11.9 Å². The van der Waals surface area contributed by atoms with Crippen LogP contribution >= 0.6 is 0 Å². The van der Waals surface area contributed by atoms with E-state index in [1.165, 1.54) is 0 Å². The van der Waals surface area contributed by atoms with Crippen molar-refractivity contribution in [2.75, 3.05) is 0 Å². The molecule has 0 bridgehead atoms. The number of hydrogen-bond donors (Lipinski definition) is 0. The SMILES string of the molecule is O=C1[CH]C(=O)OCc2ccccc2CO1.